The first kappa shape index (κ1) is 14.9. The maximum absolute atomic E-state index is 11.7. The number of ether oxygens (including phenoxy) is 1. The third-order valence-electron chi connectivity index (χ3n) is 2.39. The normalized spacial score (nSPS) is 10.2. The zero-order valence-electron chi connectivity index (χ0n) is 10.9. The van der Waals surface area contributed by atoms with Crippen molar-refractivity contribution in [1.82, 2.24) is 10.9 Å². The van der Waals surface area contributed by atoms with Crippen LogP contribution >= 0.6 is 11.6 Å². The summed E-state index contributed by atoms with van der Waals surface area (Å²) in [5.74, 6) is -1.94. The highest BCUT2D eigenvalue weighted by Gasteiger charge is 2.15. The van der Waals surface area contributed by atoms with E-state index in [-0.39, 0.29) is 5.76 Å². The van der Waals surface area contributed by atoms with Gasteiger partial charge in [0.1, 0.15) is 5.58 Å². The Labute approximate surface area is 124 Å². The second-order valence-corrected chi connectivity index (χ2v) is 4.53. The summed E-state index contributed by atoms with van der Waals surface area (Å²) in [5.41, 5.74) is 4.61. The molecule has 0 saturated heterocycles. The lowest BCUT2D eigenvalue weighted by Gasteiger charge is -2.04. The number of hydrogen-bond donors (Lipinski definition) is 2. The summed E-state index contributed by atoms with van der Waals surface area (Å²) in [4.78, 5) is 33.5. The number of hydrogen-bond acceptors (Lipinski definition) is 5. The molecule has 0 fully saturated rings. The Morgan fingerprint density at radius 2 is 2.00 bits per heavy atom. The van der Waals surface area contributed by atoms with Crippen LogP contribution in [0.5, 0.6) is 0 Å². The molecule has 0 unspecified atom stereocenters. The van der Waals surface area contributed by atoms with Crippen LogP contribution in [0.1, 0.15) is 17.5 Å². The van der Waals surface area contributed by atoms with Gasteiger partial charge in [0.05, 0.1) is 0 Å². The van der Waals surface area contributed by atoms with Crippen molar-refractivity contribution in [3.05, 3.63) is 35.0 Å². The van der Waals surface area contributed by atoms with Crippen LogP contribution in [0.4, 0.5) is 0 Å². The lowest BCUT2D eigenvalue weighted by Crippen LogP contribution is -2.42. The molecule has 0 atom stereocenters. The van der Waals surface area contributed by atoms with Crippen molar-refractivity contribution >= 4 is 40.4 Å². The van der Waals surface area contributed by atoms with Crippen molar-refractivity contribution in [3.63, 3.8) is 0 Å². The fraction of sp³-hybridized carbons (Fsp3) is 0.154. The number of rotatable bonds is 3. The molecule has 0 saturated carbocycles. The zero-order chi connectivity index (χ0) is 15.4. The van der Waals surface area contributed by atoms with Gasteiger partial charge in [0.15, 0.2) is 6.61 Å². The molecule has 8 heteroatoms. The first-order chi connectivity index (χ1) is 9.95. The second-order valence-electron chi connectivity index (χ2n) is 4.10. The van der Waals surface area contributed by atoms with Crippen LogP contribution < -0.4 is 10.9 Å². The third kappa shape index (κ3) is 3.96. The molecule has 0 bridgehead atoms. The smallest absolute Gasteiger partial charge is 0.374 e. The quantitative estimate of drug-likeness (QED) is 0.660. The molecule has 7 nitrogen and oxygen atoms in total. The Bertz CT molecular complexity index is 710. The number of esters is 1. The van der Waals surface area contributed by atoms with Crippen molar-refractivity contribution < 1.29 is 23.5 Å². The highest BCUT2D eigenvalue weighted by molar-refractivity contribution is 6.31. The van der Waals surface area contributed by atoms with E-state index in [4.69, 9.17) is 20.8 Å². The third-order valence-corrected chi connectivity index (χ3v) is 2.63. The van der Waals surface area contributed by atoms with E-state index in [0.29, 0.717) is 16.0 Å². The summed E-state index contributed by atoms with van der Waals surface area (Å²) in [7, 11) is 0. The Morgan fingerprint density at radius 1 is 1.24 bits per heavy atom. The topological polar surface area (TPSA) is 97.6 Å². The van der Waals surface area contributed by atoms with Crippen molar-refractivity contribution in [2.24, 2.45) is 0 Å². The van der Waals surface area contributed by atoms with Gasteiger partial charge in [-0.3, -0.25) is 20.4 Å². The number of fused-ring (bicyclic) bond motifs is 1. The van der Waals surface area contributed by atoms with Gasteiger partial charge in [0.2, 0.25) is 11.7 Å². The van der Waals surface area contributed by atoms with Crippen LogP contribution in [0.3, 0.4) is 0 Å². The molecule has 1 aromatic carbocycles. The number of benzene rings is 1. The van der Waals surface area contributed by atoms with E-state index in [1.807, 2.05) is 0 Å². The van der Waals surface area contributed by atoms with Gasteiger partial charge in [-0.1, -0.05) is 11.6 Å². The minimum Gasteiger partial charge on any atom is -0.450 e. The zero-order valence-corrected chi connectivity index (χ0v) is 11.7. The number of hydrazine groups is 1. The summed E-state index contributed by atoms with van der Waals surface area (Å²) < 4.78 is 10.0. The van der Waals surface area contributed by atoms with Crippen molar-refractivity contribution in [2.75, 3.05) is 6.61 Å². The summed E-state index contributed by atoms with van der Waals surface area (Å²) in [5, 5.41) is 1.16. The SMILES string of the molecule is CC(=O)NNC(=O)COC(=O)c1cc2cc(Cl)ccc2o1. The first-order valence-corrected chi connectivity index (χ1v) is 6.25. The van der Waals surface area contributed by atoms with Gasteiger partial charge in [0.25, 0.3) is 5.91 Å². The number of furan rings is 1. The van der Waals surface area contributed by atoms with Gasteiger partial charge < -0.3 is 9.15 Å². The average Bonchev–Trinajstić information content (AvgIpc) is 2.85. The Kier molecular flexibility index (Phi) is 4.44. The van der Waals surface area contributed by atoms with E-state index in [2.05, 4.69) is 10.9 Å². The molecule has 2 aromatic rings. The van der Waals surface area contributed by atoms with Crippen molar-refractivity contribution in [2.45, 2.75) is 6.92 Å². The van der Waals surface area contributed by atoms with Gasteiger partial charge in [-0.2, -0.15) is 0 Å². The summed E-state index contributed by atoms with van der Waals surface area (Å²) >= 11 is 5.83. The molecule has 2 rings (SSSR count). The van der Waals surface area contributed by atoms with Gasteiger partial charge in [-0.15, -0.1) is 0 Å². The van der Waals surface area contributed by atoms with Gasteiger partial charge in [0, 0.05) is 17.3 Å². The number of carbonyl (C=O) groups is 3. The molecule has 1 heterocycles. The maximum Gasteiger partial charge on any atom is 0.374 e. The molecule has 0 aliphatic rings. The Hall–Kier alpha value is -2.54. The number of nitrogens with one attached hydrogen (secondary N) is 2. The largest absolute Gasteiger partial charge is 0.450 e. The Morgan fingerprint density at radius 3 is 2.71 bits per heavy atom. The van der Waals surface area contributed by atoms with E-state index >= 15 is 0 Å². The lowest BCUT2D eigenvalue weighted by molar-refractivity contribution is -0.129. The molecule has 0 radical (unpaired) electrons. The molecule has 0 spiro atoms. The van der Waals surface area contributed by atoms with Crippen LogP contribution in [0.25, 0.3) is 11.0 Å². The van der Waals surface area contributed by atoms with Crippen LogP contribution in [-0.4, -0.2) is 24.4 Å². The summed E-state index contributed by atoms with van der Waals surface area (Å²) in [6, 6.07) is 6.36. The molecule has 1 aromatic heterocycles. The van der Waals surface area contributed by atoms with Crippen LogP contribution in [-0.2, 0) is 14.3 Å². The molecule has 110 valence electrons. The maximum atomic E-state index is 11.7. The highest BCUT2D eigenvalue weighted by Crippen LogP contribution is 2.23. The molecule has 2 amide bonds. The Balaban J connectivity index is 1.96. The van der Waals surface area contributed by atoms with E-state index < -0.39 is 24.4 Å². The molecule has 0 aliphatic carbocycles. The first-order valence-electron chi connectivity index (χ1n) is 5.87. The van der Waals surface area contributed by atoms with Crippen molar-refractivity contribution in [3.8, 4) is 0 Å². The molecule has 2 N–H and O–H groups in total. The average molecular weight is 311 g/mol. The van der Waals surface area contributed by atoms with Crippen LogP contribution in [0, 0.1) is 0 Å². The van der Waals surface area contributed by atoms with E-state index in [9.17, 15) is 14.4 Å². The van der Waals surface area contributed by atoms with E-state index in [1.165, 1.54) is 13.0 Å². The monoisotopic (exact) mass is 310 g/mol. The number of amides is 2. The molecular formula is C13H11ClN2O5. The fourth-order valence-electron chi connectivity index (χ4n) is 1.51. The van der Waals surface area contributed by atoms with E-state index in [1.54, 1.807) is 18.2 Å². The number of halogens is 1. The number of carbonyl (C=O) groups excluding carboxylic acids is 3. The second kappa shape index (κ2) is 6.27. The van der Waals surface area contributed by atoms with Gasteiger partial charge >= 0.3 is 5.97 Å². The fourth-order valence-corrected chi connectivity index (χ4v) is 1.69. The van der Waals surface area contributed by atoms with Crippen molar-refractivity contribution in [1.29, 1.82) is 0 Å². The molecule has 21 heavy (non-hydrogen) atoms. The van der Waals surface area contributed by atoms with Crippen LogP contribution in [0.15, 0.2) is 28.7 Å². The van der Waals surface area contributed by atoms with Gasteiger partial charge in [-0.25, -0.2) is 4.79 Å². The molecular weight excluding hydrogens is 300 g/mol. The summed E-state index contributed by atoms with van der Waals surface area (Å²) in [6.07, 6.45) is 0. The van der Waals surface area contributed by atoms with Gasteiger partial charge in [-0.05, 0) is 24.3 Å². The standard InChI is InChI=1S/C13H11ClN2O5/c1-7(17)15-16-12(18)6-20-13(19)11-5-8-4-9(14)2-3-10(8)21-11/h2-5H,6H2,1H3,(H,15,17)(H,16,18). The van der Waals surface area contributed by atoms with E-state index in [0.717, 1.165) is 0 Å². The predicted octanol–water partition coefficient (Wildman–Crippen LogP) is 1.41. The highest BCUT2D eigenvalue weighted by atomic mass is 35.5. The lowest BCUT2D eigenvalue weighted by atomic mass is 10.2. The summed E-state index contributed by atoms with van der Waals surface area (Å²) in [6.45, 7) is 0.683. The van der Waals surface area contributed by atoms with Crippen LogP contribution in [0.2, 0.25) is 5.02 Å². The minimum atomic E-state index is -0.791. The predicted molar refractivity (Wildman–Crippen MR) is 73.5 cm³/mol. The minimum absolute atomic E-state index is 0.0420. The molecule has 0 aliphatic heterocycles.